The summed E-state index contributed by atoms with van der Waals surface area (Å²) in [6, 6.07) is 13.4. The fourth-order valence-corrected chi connectivity index (χ4v) is 5.43. The van der Waals surface area contributed by atoms with Crippen LogP contribution in [0.25, 0.3) is 33.0 Å². The Morgan fingerprint density at radius 3 is 2.58 bits per heavy atom. The van der Waals surface area contributed by atoms with Gasteiger partial charge in [0, 0.05) is 66.3 Å². The fourth-order valence-electron chi connectivity index (χ4n) is 5.25. The molecule has 0 aliphatic carbocycles. The molecule has 2 aromatic carbocycles. The highest BCUT2D eigenvalue weighted by atomic mass is 35.5. The molecule has 2 aromatic heterocycles. The van der Waals surface area contributed by atoms with Crippen molar-refractivity contribution in [3.63, 3.8) is 0 Å². The first-order chi connectivity index (χ1) is 17.5. The number of aryl methyl sites for hydroxylation is 2. The average Bonchev–Trinajstić information content (AvgIpc) is 3.50. The highest BCUT2D eigenvalue weighted by Crippen LogP contribution is 2.38. The molecule has 0 saturated carbocycles. The number of hydrogen-bond acceptors (Lipinski definition) is 5. The van der Waals surface area contributed by atoms with E-state index in [1.54, 1.807) is 0 Å². The second-order valence-corrected chi connectivity index (χ2v) is 9.68. The van der Waals surface area contributed by atoms with Crippen LogP contribution in [-0.4, -0.2) is 63.9 Å². The van der Waals surface area contributed by atoms with Crippen LogP contribution in [0.5, 0.6) is 0 Å². The topological polar surface area (TPSA) is 81.4 Å². The summed E-state index contributed by atoms with van der Waals surface area (Å²) < 4.78 is 9.33. The minimum atomic E-state index is -0.433. The second-order valence-electron chi connectivity index (χ2n) is 9.24. The molecule has 2 aliphatic heterocycles. The summed E-state index contributed by atoms with van der Waals surface area (Å²) in [5.74, 6) is -0.855. The minimum Gasteiger partial charge on any atom is -0.379 e. The van der Waals surface area contributed by atoms with Gasteiger partial charge in [0.2, 0.25) is 0 Å². The smallest absolute Gasteiger partial charge is 0.261 e. The third kappa shape index (κ3) is 3.91. The van der Waals surface area contributed by atoms with Crippen LogP contribution in [0.15, 0.2) is 48.7 Å². The number of nitrogens with one attached hydrogen (secondary N) is 1. The highest BCUT2D eigenvalue weighted by molar-refractivity contribution is 6.50. The number of ether oxygens (including phenoxy) is 1. The Kier molecular flexibility index (Phi) is 5.87. The number of amides is 2. The summed E-state index contributed by atoms with van der Waals surface area (Å²) in [6.45, 7) is 5.09. The third-order valence-electron chi connectivity index (χ3n) is 6.99. The van der Waals surface area contributed by atoms with E-state index in [4.69, 9.17) is 21.4 Å². The molecular formula is C27H26ClN5O3. The van der Waals surface area contributed by atoms with Gasteiger partial charge in [-0.1, -0.05) is 29.8 Å². The standard InChI is InChI=1S/C27H26ClN5O3/c1-31-16-20(19-15-17(28)7-8-21(19)31)23-24(27(35)29-26(23)34)25-18-5-2-3-6-22(18)33(30-25)10-4-9-32-11-13-36-14-12-32/h2-3,5-8,15-16H,4,9-14H2,1H3,(H,29,34,35). The first-order valence-electron chi connectivity index (χ1n) is 12.1. The lowest BCUT2D eigenvalue weighted by molar-refractivity contribution is -0.122. The largest absolute Gasteiger partial charge is 0.379 e. The fraction of sp³-hybridized carbons (Fsp3) is 0.296. The van der Waals surface area contributed by atoms with Gasteiger partial charge in [-0.05, 0) is 30.7 Å². The lowest BCUT2D eigenvalue weighted by Crippen LogP contribution is -2.37. The Bertz CT molecular complexity index is 1540. The lowest BCUT2D eigenvalue weighted by atomic mass is 9.97. The van der Waals surface area contributed by atoms with Gasteiger partial charge in [0.25, 0.3) is 11.8 Å². The summed E-state index contributed by atoms with van der Waals surface area (Å²) in [4.78, 5) is 28.7. The number of rotatable bonds is 6. The van der Waals surface area contributed by atoms with Crippen LogP contribution in [-0.2, 0) is 27.9 Å². The number of fused-ring (bicyclic) bond motifs is 2. The molecule has 2 amide bonds. The van der Waals surface area contributed by atoms with Gasteiger partial charge >= 0.3 is 0 Å². The summed E-state index contributed by atoms with van der Waals surface area (Å²) in [5.41, 5.74) is 3.68. The van der Waals surface area contributed by atoms with Crippen molar-refractivity contribution in [2.45, 2.75) is 13.0 Å². The average molecular weight is 504 g/mol. The van der Waals surface area contributed by atoms with Crippen LogP contribution >= 0.6 is 11.6 Å². The molecule has 1 N–H and O–H groups in total. The molecule has 0 atom stereocenters. The molecule has 1 saturated heterocycles. The maximum absolute atomic E-state index is 13.2. The van der Waals surface area contributed by atoms with E-state index in [1.165, 1.54) is 0 Å². The molecule has 0 radical (unpaired) electrons. The summed E-state index contributed by atoms with van der Waals surface area (Å²) in [5, 5.41) is 9.62. The zero-order valence-electron chi connectivity index (χ0n) is 20.0. The van der Waals surface area contributed by atoms with Crippen molar-refractivity contribution in [1.29, 1.82) is 0 Å². The second kappa shape index (κ2) is 9.20. The molecule has 8 nitrogen and oxygen atoms in total. The van der Waals surface area contributed by atoms with E-state index in [-0.39, 0.29) is 0 Å². The molecule has 2 aliphatic rings. The van der Waals surface area contributed by atoms with Gasteiger partial charge in [-0.2, -0.15) is 5.10 Å². The van der Waals surface area contributed by atoms with Gasteiger partial charge in [0.05, 0.1) is 29.9 Å². The van der Waals surface area contributed by atoms with Crippen molar-refractivity contribution >= 4 is 56.4 Å². The van der Waals surface area contributed by atoms with Gasteiger partial charge < -0.3 is 9.30 Å². The molecule has 1 fully saturated rings. The zero-order chi connectivity index (χ0) is 24.8. The molecular weight excluding hydrogens is 478 g/mol. The number of hydrogen-bond donors (Lipinski definition) is 1. The van der Waals surface area contributed by atoms with Crippen molar-refractivity contribution in [1.82, 2.24) is 24.6 Å². The molecule has 4 aromatic rings. The van der Waals surface area contributed by atoms with E-state index in [0.717, 1.165) is 61.1 Å². The Morgan fingerprint density at radius 2 is 1.75 bits per heavy atom. The SMILES string of the molecule is Cn1cc(C2=C(c3nn(CCCN4CCOCC4)c4ccccc34)C(=O)NC2=O)c2cc(Cl)ccc21. The highest BCUT2D eigenvalue weighted by Gasteiger charge is 2.36. The summed E-state index contributed by atoms with van der Waals surface area (Å²) >= 11 is 6.29. The summed E-state index contributed by atoms with van der Waals surface area (Å²) in [7, 11) is 1.91. The quantitative estimate of drug-likeness (QED) is 0.407. The molecule has 0 unspecified atom stereocenters. The number of imide groups is 1. The molecule has 0 bridgehead atoms. The predicted octanol–water partition coefficient (Wildman–Crippen LogP) is 3.47. The number of para-hydroxylation sites is 1. The molecule has 6 rings (SSSR count). The van der Waals surface area contributed by atoms with E-state index < -0.39 is 11.8 Å². The Morgan fingerprint density at radius 1 is 0.972 bits per heavy atom. The summed E-state index contributed by atoms with van der Waals surface area (Å²) in [6.07, 6.45) is 2.79. The number of halogens is 1. The van der Waals surface area contributed by atoms with Crippen molar-refractivity contribution < 1.29 is 14.3 Å². The van der Waals surface area contributed by atoms with Crippen LogP contribution in [0.1, 0.15) is 17.7 Å². The molecule has 4 heterocycles. The van der Waals surface area contributed by atoms with Crippen LogP contribution in [0, 0.1) is 0 Å². The molecule has 36 heavy (non-hydrogen) atoms. The van der Waals surface area contributed by atoms with Gasteiger partial charge in [0.15, 0.2) is 0 Å². The van der Waals surface area contributed by atoms with Gasteiger partial charge in [0.1, 0.15) is 5.69 Å². The minimum absolute atomic E-state index is 0.301. The van der Waals surface area contributed by atoms with Gasteiger partial charge in [-0.15, -0.1) is 0 Å². The maximum Gasteiger partial charge on any atom is 0.261 e. The van der Waals surface area contributed by atoms with Crippen molar-refractivity contribution in [2.75, 3.05) is 32.8 Å². The van der Waals surface area contributed by atoms with Crippen LogP contribution in [0.2, 0.25) is 5.02 Å². The van der Waals surface area contributed by atoms with Crippen LogP contribution in [0.3, 0.4) is 0 Å². The molecule has 184 valence electrons. The lowest BCUT2D eigenvalue weighted by Gasteiger charge is -2.26. The Hall–Kier alpha value is -3.46. The number of carbonyl (C=O) groups excluding carboxylic acids is 2. The molecule has 0 spiro atoms. The molecule has 9 heteroatoms. The van der Waals surface area contributed by atoms with E-state index in [1.807, 2.05) is 65.0 Å². The van der Waals surface area contributed by atoms with Crippen LogP contribution in [0.4, 0.5) is 0 Å². The number of morpholine rings is 1. The monoisotopic (exact) mass is 503 g/mol. The first kappa shape index (κ1) is 23.0. The van der Waals surface area contributed by atoms with E-state index >= 15 is 0 Å². The van der Waals surface area contributed by atoms with Crippen LogP contribution < -0.4 is 5.32 Å². The van der Waals surface area contributed by atoms with E-state index in [9.17, 15) is 9.59 Å². The van der Waals surface area contributed by atoms with Crippen molar-refractivity contribution in [3.8, 4) is 0 Å². The number of aromatic nitrogens is 3. The zero-order valence-corrected chi connectivity index (χ0v) is 20.7. The Labute approximate surface area is 213 Å². The van der Waals surface area contributed by atoms with E-state index in [2.05, 4.69) is 10.2 Å². The number of carbonyl (C=O) groups is 2. The first-order valence-corrected chi connectivity index (χ1v) is 12.5. The van der Waals surface area contributed by atoms with Crippen molar-refractivity contribution in [3.05, 3.63) is 64.9 Å². The van der Waals surface area contributed by atoms with Gasteiger partial charge in [-0.3, -0.25) is 24.5 Å². The normalized spacial score (nSPS) is 17.1. The van der Waals surface area contributed by atoms with E-state index in [0.29, 0.717) is 34.0 Å². The Balaban J connectivity index is 1.45. The maximum atomic E-state index is 13.2. The third-order valence-corrected chi connectivity index (χ3v) is 7.23. The predicted molar refractivity (Wildman–Crippen MR) is 140 cm³/mol. The van der Waals surface area contributed by atoms with Gasteiger partial charge in [-0.25, -0.2) is 0 Å². The van der Waals surface area contributed by atoms with Crippen molar-refractivity contribution in [2.24, 2.45) is 7.05 Å². The number of nitrogens with zero attached hydrogens (tertiary/aromatic N) is 4. The number of benzene rings is 2.